The third-order valence-corrected chi connectivity index (χ3v) is 10.1. The zero-order chi connectivity index (χ0) is 18.6. The molecule has 0 aliphatic heterocycles. The van der Waals surface area contributed by atoms with Crippen molar-refractivity contribution in [2.24, 2.45) is 45.8 Å². The van der Waals surface area contributed by atoms with Gasteiger partial charge in [-0.2, -0.15) is 0 Å². The van der Waals surface area contributed by atoms with Crippen LogP contribution in [-0.2, 0) is 4.79 Å². The molecule has 4 fully saturated rings. The lowest BCUT2D eigenvalue weighted by Gasteiger charge is -2.65. The van der Waals surface area contributed by atoms with Crippen LogP contribution in [0.1, 0.15) is 79.6 Å². The molecule has 8 atom stereocenters. The molecule has 5 aliphatic rings. The Morgan fingerprint density at radius 3 is 2.50 bits per heavy atom. The first-order chi connectivity index (χ1) is 12.2. The van der Waals surface area contributed by atoms with E-state index in [1.807, 2.05) is 0 Å². The highest BCUT2D eigenvalue weighted by molar-refractivity contribution is 5.99. The number of hydrogen-bond acceptors (Lipinski definition) is 2. The van der Waals surface area contributed by atoms with E-state index in [4.69, 9.17) is 0 Å². The minimum Gasteiger partial charge on any atom is -0.389 e. The molecule has 2 nitrogen and oxygen atoms in total. The fourth-order valence-electron chi connectivity index (χ4n) is 8.99. The molecule has 5 aliphatic carbocycles. The number of rotatable bonds is 1. The lowest BCUT2D eigenvalue weighted by atomic mass is 9.36. The van der Waals surface area contributed by atoms with Crippen molar-refractivity contribution in [1.82, 2.24) is 0 Å². The third-order valence-electron chi connectivity index (χ3n) is 10.1. The maximum atomic E-state index is 13.9. The molecule has 2 bridgehead atoms. The Morgan fingerprint density at radius 1 is 1.08 bits per heavy atom. The first-order valence-corrected chi connectivity index (χ1v) is 11.1. The van der Waals surface area contributed by atoms with Gasteiger partial charge < -0.3 is 5.11 Å². The number of aliphatic hydroxyl groups excluding tert-OH is 1. The zero-order valence-corrected chi connectivity index (χ0v) is 17.3. The molecular formula is C24H36O2. The van der Waals surface area contributed by atoms with Gasteiger partial charge in [0.2, 0.25) is 0 Å². The molecule has 2 heteroatoms. The van der Waals surface area contributed by atoms with E-state index in [9.17, 15) is 9.90 Å². The third kappa shape index (κ3) is 1.68. The summed E-state index contributed by atoms with van der Waals surface area (Å²) in [6.07, 6.45) is 7.58. The Morgan fingerprint density at radius 2 is 1.81 bits per heavy atom. The van der Waals surface area contributed by atoms with Gasteiger partial charge in [0, 0.05) is 10.8 Å². The topological polar surface area (TPSA) is 37.3 Å². The second-order valence-corrected chi connectivity index (χ2v) is 11.3. The predicted octanol–water partition coefficient (Wildman–Crippen LogP) is 5.15. The number of Topliss-reactive ketones (excluding diaryl/α,β-unsaturated/α-hetero) is 1. The van der Waals surface area contributed by atoms with Crippen LogP contribution < -0.4 is 0 Å². The van der Waals surface area contributed by atoms with Crippen molar-refractivity contribution < 1.29 is 9.90 Å². The van der Waals surface area contributed by atoms with Crippen LogP contribution >= 0.6 is 0 Å². The fourth-order valence-corrected chi connectivity index (χ4v) is 8.99. The van der Waals surface area contributed by atoms with E-state index in [0.717, 1.165) is 25.7 Å². The van der Waals surface area contributed by atoms with Gasteiger partial charge in [-0.05, 0) is 85.5 Å². The molecule has 4 saturated carbocycles. The molecule has 0 aromatic heterocycles. The molecular weight excluding hydrogens is 320 g/mol. The van der Waals surface area contributed by atoms with Crippen molar-refractivity contribution in [3.63, 3.8) is 0 Å². The van der Waals surface area contributed by atoms with E-state index in [0.29, 0.717) is 35.4 Å². The number of carbonyl (C=O) groups is 1. The highest BCUT2D eigenvalue weighted by atomic mass is 16.3. The summed E-state index contributed by atoms with van der Waals surface area (Å²) in [6, 6.07) is 0. The molecule has 0 amide bonds. The zero-order valence-electron chi connectivity index (χ0n) is 17.3. The largest absolute Gasteiger partial charge is 0.389 e. The number of aliphatic hydroxyl groups is 1. The van der Waals surface area contributed by atoms with Crippen LogP contribution in [0, 0.1) is 45.8 Å². The summed E-state index contributed by atoms with van der Waals surface area (Å²) in [5.41, 5.74) is 2.84. The molecule has 5 rings (SSSR count). The lowest BCUT2D eigenvalue weighted by Crippen LogP contribution is -2.68. The Bertz CT molecular complexity index is 705. The van der Waals surface area contributed by atoms with Crippen LogP contribution in [0.3, 0.4) is 0 Å². The predicted molar refractivity (Wildman–Crippen MR) is 103 cm³/mol. The normalized spacial score (nSPS) is 55.3. The first kappa shape index (κ1) is 17.5. The van der Waals surface area contributed by atoms with E-state index in [1.165, 1.54) is 30.4 Å². The van der Waals surface area contributed by atoms with E-state index >= 15 is 0 Å². The summed E-state index contributed by atoms with van der Waals surface area (Å²) in [7, 11) is 0. The van der Waals surface area contributed by atoms with Gasteiger partial charge in [0.05, 0.1) is 6.10 Å². The second-order valence-electron chi connectivity index (χ2n) is 11.3. The Hall–Kier alpha value is -0.630. The monoisotopic (exact) mass is 356 g/mol. The highest BCUT2D eigenvalue weighted by Gasteiger charge is 2.79. The second kappa shape index (κ2) is 5.04. The molecule has 0 saturated heterocycles. The number of ketones is 1. The average Bonchev–Trinajstić information content (AvgIpc) is 2.94. The van der Waals surface area contributed by atoms with Crippen LogP contribution in [0.4, 0.5) is 0 Å². The fraction of sp³-hybridized carbons (Fsp3) is 0.875. The van der Waals surface area contributed by atoms with Crippen LogP contribution in [0.5, 0.6) is 0 Å². The molecule has 0 aromatic carbocycles. The van der Waals surface area contributed by atoms with Crippen LogP contribution in [0.25, 0.3) is 0 Å². The molecule has 144 valence electrons. The molecule has 0 heterocycles. The number of carbonyl (C=O) groups excluding carboxylic acids is 1. The van der Waals surface area contributed by atoms with Crippen molar-refractivity contribution >= 4 is 5.78 Å². The molecule has 1 N–H and O–H groups in total. The van der Waals surface area contributed by atoms with Gasteiger partial charge >= 0.3 is 0 Å². The summed E-state index contributed by atoms with van der Waals surface area (Å²) in [4.78, 5) is 13.9. The number of hydrogen-bond donors (Lipinski definition) is 1. The van der Waals surface area contributed by atoms with Crippen LogP contribution in [0.15, 0.2) is 11.1 Å². The summed E-state index contributed by atoms with van der Waals surface area (Å²) in [5.74, 6) is 3.42. The summed E-state index contributed by atoms with van der Waals surface area (Å²) in [5, 5.41) is 10.9. The maximum Gasteiger partial charge on any atom is 0.146 e. The molecule has 2 spiro atoms. The standard InChI is InChI=1S/C24H36O2/c1-13(2)20-17-11-24-16(10-22(17,5)12-18(20)25)14(3)8-9-23(21(24)26)15(4)6-7-19(23)24/h13-16,18-19,25H,6-12H2,1-5H3/t14-,15-,16+,18+,19+,22-,23-,24-/m1/s1. The maximum absolute atomic E-state index is 13.9. The molecule has 0 radical (unpaired) electrons. The lowest BCUT2D eigenvalue weighted by molar-refractivity contribution is -0.189. The van der Waals surface area contributed by atoms with Crippen molar-refractivity contribution in [3.05, 3.63) is 11.1 Å². The van der Waals surface area contributed by atoms with E-state index in [1.54, 1.807) is 0 Å². The van der Waals surface area contributed by atoms with Gasteiger partial charge in [-0.25, -0.2) is 0 Å². The van der Waals surface area contributed by atoms with E-state index < -0.39 is 0 Å². The Labute approximate surface area is 158 Å². The van der Waals surface area contributed by atoms with Crippen molar-refractivity contribution in [2.45, 2.75) is 85.7 Å². The van der Waals surface area contributed by atoms with Crippen molar-refractivity contribution in [1.29, 1.82) is 0 Å². The number of fused-ring (bicyclic) bond motifs is 1. The smallest absolute Gasteiger partial charge is 0.146 e. The average molecular weight is 357 g/mol. The first-order valence-electron chi connectivity index (χ1n) is 11.1. The quantitative estimate of drug-likeness (QED) is 0.660. The van der Waals surface area contributed by atoms with Gasteiger partial charge in [0.15, 0.2) is 0 Å². The van der Waals surface area contributed by atoms with Gasteiger partial charge in [0.25, 0.3) is 0 Å². The van der Waals surface area contributed by atoms with Crippen LogP contribution in [0.2, 0.25) is 0 Å². The number of allylic oxidation sites excluding steroid dienone is 1. The van der Waals surface area contributed by atoms with Crippen molar-refractivity contribution in [3.8, 4) is 0 Å². The van der Waals surface area contributed by atoms with Crippen LogP contribution in [-0.4, -0.2) is 17.0 Å². The highest BCUT2D eigenvalue weighted by Crippen LogP contribution is 2.79. The summed E-state index contributed by atoms with van der Waals surface area (Å²) >= 11 is 0. The summed E-state index contributed by atoms with van der Waals surface area (Å²) in [6.45, 7) is 11.6. The molecule has 0 aromatic rings. The Kier molecular flexibility index (Phi) is 3.39. The van der Waals surface area contributed by atoms with Gasteiger partial charge in [0.1, 0.15) is 5.78 Å². The van der Waals surface area contributed by atoms with Gasteiger partial charge in [-0.1, -0.05) is 40.2 Å². The van der Waals surface area contributed by atoms with E-state index in [-0.39, 0.29) is 22.3 Å². The minimum atomic E-state index is -0.286. The molecule has 26 heavy (non-hydrogen) atoms. The summed E-state index contributed by atoms with van der Waals surface area (Å²) < 4.78 is 0. The Balaban J connectivity index is 1.67. The SMILES string of the molecule is CC(C)C1=C2C[C@@]34C(=O)[C@@]5(CC[C@@H](C)[C@@H]3C[C@]2(C)C[C@@H]1O)[C@@H]4CC[C@H]5C. The van der Waals surface area contributed by atoms with Crippen molar-refractivity contribution in [2.75, 3.05) is 0 Å². The van der Waals surface area contributed by atoms with E-state index in [2.05, 4.69) is 34.6 Å². The van der Waals surface area contributed by atoms with Gasteiger partial charge in [-0.15, -0.1) is 0 Å². The van der Waals surface area contributed by atoms with Gasteiger partial charge in [-0.3, -0.25) is 4.79 Å². The minimum absolute atomic E-state index is 0.0204. The molecule has 0 unspecified atom stereocenters.